The molecule has 3 aliphatic rings. The number of carbonyl (C=O) groups excluding carboxylic acids is 1. The van der Waals surface area contributed by atoms with Gasteiger partial charge in [0.25, 0.3) is 0 Å². The number of nitrogens with one attached hydrogen (secondary N) is 1. The maximum absolute atomic E-state index is 15.1. The van der Waals surface area contributed by atoms with E-state index in [9.17, 15) is 14.0 Å². The van der Waals surface area contributed by atoms with Gasteiger partial charge in [0, 0.05) is 54.3 Å². The molecule has 0 aliphatic carbocycles. The van der Waals surface area contributed by atoms with Crippen LogP contribution in [0.3, 0.4) is 0 Å². The van der Waals surface area contributed by atoms with E-state index in [0.29, 0.717) is 29.8 Å². The van der Waals surface area contributed by atoms with E-state index in [-0.39, 0.29) is 59.2 Å². The Balaban J connectivity index is 1.52. The van der Waals surface area contributed by atoms with E-state index in [4.69, 9.17) is 21.1 Å². The highest BCUT2D eigenvalue weighted by Crippen LogP contribution is 2.47. The quantitative estimate of drug-likeness (QED) is 0.430. The third-order valence-electron chi connectivity index (χ3n) is 8.34. The summed E-state index contributed by atoms with van der Waals surface area (Å²) in [4.78, 5) is 34.6. The second-order valence-corrected chi connectivity index (χ2v) is 11.5. The Kier molecular flexibility index (Phi) is 7.67. The summed E-state index contributed by atoms with van der Waals surface area (Å²) in [6, 6.07) is 4.05. The molecule has 222 valence electrons. The van der Waals surface area contributed by atoms with E-state index in [0.717, 1.165) is 31.6 Å². The van der Waals surface area contributed by atoms with Gasteiger partial charge in [0.1, 0.15) is 24.1 Å². The number of nitrogens with zero attached hydrogens (tertiary/aromatic N) is 4. The molecule has 4 atom stereocenters. The summed E-state index contributed by atoms with van der Waals surface area (Å²) >= 11 is 6.82. The minimum atomic E-state index is -0.802. The van der Waals surface area contributed by atoms with Gasteiger partial charge in [-0.25, -0.2) is 13.6 Å². The Morgan fingerprint density at radius 1 is 1.26 bits per heavy atom. The Morgan fingerprint density at radius 2 is 2.07 bits per heavy atom. The summed E-state index contributed by atoms with van der Waals surface area (Å²) in [5, 5.41) is 3.99. The minimum Gasteiger partial charge on any atom is -0.488 e. The van der Waals surface area contributed by atoms with Crippen molar-refractivity contribution in [2.24, 2.45) is 0 Å². The predicted octanol–water partition coefficient (Wildman–Crippen LogP) is 3.92. The monoisotopic (exact) mass is 599 g/mol. The number of hydrogen-bond donors (Lipinski definition) is 1. The highest BCUT2D eigenvalue weighted by Gasteiger charge is 2.36. The van der Waals surface area contributed by atoms with Gasteiger partial charge in [0.15, 0.2) is 5.75 Å². The number of rotatable bonds is 6. The highest BCUT2D eigenvalue weighted by atomic mass is 35.5. The van der Waals surface area contributed by atoms with Gasteiger partial charge in [-0.3, -0.25) is 9.36 Å². The zero-order chi connectivity index (χ0) is 29.7. The maximum atomic E-state index is 15.1. The second kappa shape index (κ2) is 11.3. The molecule has 9 nitrogen and oxygen atoms in total. The Morgan fingerprint density at radius 3 is 2.79 bits per heavy atom. The van der Waals surface area contributed by atoms with Crippen LogP contribution in [-0.4, -0.2) is 77.9 Å². The van der Waals surface area contributed by atoms with Gasteiger partial charge < -0.3 is 24.6 Å². The van der Waals surface area contributed by atoms with Crippen molar-refractivity contribution in [3.05, 3.63) is 64.1 Å². The van der Waals surface area contributed by atoms with Crippen molar-refractivity contribution in [1.82, 2.24) is 19.8 Å². The molecule has 3 aliphatic heterocycles. The molecular weight excluding hydrogens is 568 g/mol. The molecule has 2 fully saturated rings. The third kappa shape index (κ3) is 4.93. The molecule has 4 heterocycles. The van der Waals surface area contributed by atoms with Crippen molar-refractivity contribution in [1.29, 1.82) is 0 Å². The van der Waals surface area contributed by atoms with Crippen molar-refractivity contribution in [2.45, 2.75) is 44.5 Å². The third-order valence-corrected chi connectivity index (χ3v) is 8.64. The van der Waals surface area contributed by atoms with E-state index >= 15 is 4.39 Å². The number of ether oxygens (including phenoxy) is 2. The predicted molar refractivity (Wildman–Crippen MR) is 156 cm³/mol. The fourth-order valence-electron chi connectivity index (χ4n) is 6.21. The second-order valence-electron chi connectivity index (χ2n) is 11.1. The van der Waals surface area contributed by atoms with Crippen LogP contribution in [0.5, 0.6) is 5.75 Å². The fraction of sp³-hybridized carbons (Fsp3) is 0.433. The van der Waals surface area contributed by atoms with Crippen LogP contribution in [0, 0.1) is 11.6 Å². The average Bonchev–Trinajstić information content (AvgIpc) is 3.49. The number of anilines is 1. The van der Waals surface area contributed by atoms with Crippen molar-refractivity contribution < 1.29 is 23.0 Å². The van der Waals surface area contributed by atoms with Crippen LogP contribution < -0.4 is 20.6 Å². The molecule has 1 unspecified atom stereocenters. The molecule has 0 radical (unpaired) electrons. The zero-order valence-electron chi connectivity index (χ0n) is 23.4. The van der Waals surface area contributed by atoms with Crippen LogP contribution in [0.1, 0.15) is 26.3 Å². The molecule has 0 spiro atoms. The number of amides is 1. The number of benzene rings is 2. The SMILES string of the molecule is C=CC(=O)N1C[C@H](C)N(c2nc(=O)n3c4c(c(-c5ccc(F)cc5F)c(Cl)cc24)OC[C@H]3COC2CCNC2)C[C@H]1C. The van der Waals surface area contributed by atoms with Crippen LogP contribution in [0.4, 0.5) is 14.6 Å². The zero-order valence-corrected chi connectivity index (χ0v) is 24.2. The van der Waals surface area contributed by atoms with Crippen LogP contribution in [0.25, 0.3) is 22.0 Å². The van der Waals surface area contributed by atoms with Gasteiger partial charge in [0.2, 0.25) is 5.91 Å². The molecule has 42 heavy (non-hydrogen) atoms. The Bertz CT molecular complexity index is 1630. The molecule has 1 aromatic heterocycles. The highest BCUT2D eigenvalue weighted by molar-refractivity contribution is 6.35. The smallest absolute Gasteiger partial charge is 0.350 e. The Hall–Kier alpha value is -3.54. The number of halogens is 3. The summed E-state index contributed by atoms with van der Waals surface area (Å²) in [6.45, 7) is 10.2. The average molecular weight is 600 g/mol. The first-order chi connectivity index (χ1) is 20.2. The van der Waals surface area contributed by atoms with E-state index in [2.05, 4.69) is 16.9 Å². The molecule has 1 amide bonds. The lowest BCUT2D eigenvalue weighted by Gasteiger charge is -2.45. The van der Waals surface area contributed by atoms with Crippen molar-refractivity contribution in [3.8, 4) is 16.9 Å². The number of hydrogen-bond acceptors (Lipinski definition) is 7. The summed E-state index contributed by atoms with van der Waals surface area (Å²) in [5.41, 5.74) is 0.203. The number of piperazine rings is 1. The van der Waals surface area contributed by atoms with E-state index < -0.39 is 23.4 Å². The van der Waals surface area contributed by atoms with Crippen LogP contribution in [0.15, 0.2) is 41.7 Å². The summed E-state index contributed by atoms with van der Waals surface area (Å²) in [6.07, 6.45) is 2.19. The molecule has 1 N–H and O–H groups in total. The number of aromatic nitrogens is 2. The topological polar surface area (TPSA) is 88.9 Å². The van der Waals surface area contributed by atoms with E-state index in [1.807, 2.05) is 18.7 Å². The lowest BCUT2D eigenvalue weighted by molar-refractivity contribution is -0.128. The molecule has 0 saturated carbocycles. The molecule has 12 heteroatoms. The normalized spacial score (nSPS) is 23.7. The van der Waals surface area contributed by atoms with Crippen LogP contribution >= 0.6 is 11.6 Å². The van der Waals surface area contributed by atoms with Gasteiger partial charge >= 0.3 is 5.69 Å². The van der Waals surface area contributed by atoms with E-state index in [1.165, 1.54) is 12.1 Å². The molecule has 2 saturated heterocycles. The first-order valence-corrected chi connectivity index (χ1v) is 14.4. The lowest BCUT2D eigenvalue weighted by atomic mass is 9.99. The molecule has 0 bridgehead atoms. The molecule has 2 aromatic carbocycles. The standard InChI is InChI=1S/C30H32ClF2N5O4/c1-4-25(39)36-12-17(3)37(13-16(36)2)29-22-10-23(31)26(21-6-5-18(32)9-24(21)33)28-27(22)38(30(40)35-29)19(15-42-28)14-41-20-7-8-34-11-20/h4-6,9-10,16-17,19-20,34H,1,7-8,11-15H2,2-3H3/t16-,17+,19-,20?/m1/s1. The van der Waals surface area contributed by atoms with Crippen molar-refractivity contribution in [3.63, 3.8) is 0 Å². The summed E-state index contributed by atoms with van der Waals surface area (Å²) in [5.74, 6) is -1.06. The first kappa shape index (κ1) is 28.6. The van der Waals surface area contributed by atoms with Gasteiger partial charge in [-0.05, 0) is 51.1 Å². The summed E-state index contributed by atoms with van der Waals surface area (Å²) < 4.78 is 42.8. The van der Waals surface area contributed by atoms with Gasteiger partial charge in [-0.15, -0.1) is 0 Å². The molecule has 6 rings (SSSR count). The van der Waals surface area contributed by atoms with Gasteiger partial charge in [-0.2, -0.15) is 4.98 Å². The lowest BCUT2D eigenvalue weighted by Crippen LogP contribution is -2.58. The van der Waals surface area contributed by atoms with Crippen molar-refractivity contribution in [2.75, 3.05) is 44.3 Å². The van der Waals surface area contributed by atoms with Gasteiger partial charge in [0.05, 0.1) is 29.3 Å². The largest absolute Gasteiger partial charge is 0.488 e. The van der Waals surface area contributed by atoms with Crippen molar-refractivity contribution >= 4 is 34.2 Å². The molecule has 3 aromatic rings. The minimum absolute atomic E-state index is 0.0239. The maximum Gasteiger partial charge on any atom is 0.350 e. The van der Waals surface area contributed by atoms with Crippen LogP contribution in [0.2, 0.25) is 5.02 Å². The fourth-order valence-corrected chi connectivity index (χ4v) is 6.50. The Labute approximate surface area is 246 Å². The summed E-state index contributed by atoms with van der Waals surface area (Å²) in [7, 11) is 0. The molecular formula is C30H32ClF2N5O4. The first-order valence-electron chi connectivity index (χ1n) is 14.1. The van der Waals surface area contributed by atoms with E-state index in [1.54, 1.807) is 15.5 Å². The number of carbonyl (C=O) groups is 1. The van der Waals surface area contributed by atoms with Gasteiger partial charge in [-0.1, -0.05) is 18.2 Å². The van der Waals surface area contributed by atoms with Crippen LogP contribution in [-0.2, 0) is 9.53 Å².